The fourth-order valence-corrected chi connectivity index (χ4v) is 2.59. The lowest BCUT2D eigenvalue weighted by molar-refractivity contribution is 0.192. The molecule has 1 fully saturated rings. The summed E-state index contributed by atoms with van der Waals surface area (Å²) in [4.78, 5) is 0. The fourth-order valence-electron chi connectivity index (χ4n) is 1.63. The first-order valence-electron chi connectivity index (χ1n) is 4.42. The highest BCUT2D eigenvalue weighted by molar-refractivity contribution is 8.13. The molecule has 6 nitrogen and oxygen atoms in total. The summed E-state index contributed by atoms with van der Waals surface area (Å²) in [5, 5.41) is 7.19. The van der Waals surface area contributed by atoms with Crippen molar-refractivity contribution in [2.75, 3.05) is 13.2 Å². The predicted octanol–water partition coefficient (Wildman–Crippen LogP) is 0.246. The normalized spacial score (nSPS) is 22.1. The van der Waals surface area contributed by atoms with Crippen LogP contribution in [0.2, 0.25) is 0 Å². The van der Waals surface area contributed by atoms with E-state index in [0.29, 0.717) is 19.0 Å². The van der Waals surface area contributed by atoms with Crippen LogP contribution in [0, 0.1) is 0 Å². The third-order valence-corrected chi connectivity index (χ3v) is 3.59. The summed E-state index contributed by atoms with van der Waals surface area (Å²) in [7, 11) is 2.97. The molecule has 0 aliphatic carbocycles. The molecule has 0 spiro atoms. The zero-order chi connectivity index (χ0) is 11.1. The Labute approximate surface area is 91.6 Å². The Kier molecular flexibility index (Phi) is 2.70. The van der Waals surface area contributed by atoms with E-state index >= 15 is 0 Å². The molecule has 0 bridgehead atoms. The number of halogens is 1. The van der Waals surface area contributed by atoms with Crippen molar-refractivity contribution in [2.45, 2.75) is 17.5 Å². The zero-order valence-corrected chi connectivity index (χ0v) is 9.62. The van der Waals surface area contributed by atoms with Gasteiger partial charge in [-0.2, -0.15) is 0 Å². The minimum Gasteiger partial charge on any atom is -0.381 e. The van der Waals surface area contributed by atoms with Crippen LogP contribution in [0.5, 0.6) is 0 Å². The van der Waals surface area contributed by atoms with Gasteiger partial charge in [0.05, 0.1) is 6.61 Å². The zero-order valence-electron chi connectivity index (χ0n) is 8.05. The number of hydrogen-bond acceptors (Lipinski definition) is 5. The molecule has 0 amide bonds. The molecule has 1 aliphatic rings. The highest BCUT2D eigenvalue weighted by atomic mass is 35.7. The van der Waals surface area contributed by atoms with Crippen molar-refractivity contribution >= 4 is 19.7 Å². The summed E-state index contributed by atoms with van der Waals surface area (Å²) in [5.41, 5.74) is 0. The molecule has 0 radical (unpaired) electrons. The summed E-state index contributed by atoms with van der Waals surface area (Å²) in [5.74, 6) is 0.710. The van der Waals surface area contributed by atoms with Crippen LogP contribution in [0.15, 0.2) is 5.16 Å². The van der Waals surface area contributed by atoms with Crippen LogP contribution in [-0.4, -0.2) is 36.4 Å². The van der Waals surface area contributed by atoms with Gasteiger partial charge in [-0.1, -0.05) is 0 Å². The van der Waals surface area contributed by atoms with Gasteiger partial charge in [-0.05, 0) is 6.42 Å². The molecule has 2 rings (SSSR count). The molecule has 0 N–H and O–H groups in total. The van der Waals surface area contributed by atoms with Crippen LogP contribution in [-0.2, 0) is 20.8 Å². The topological polar surface area (TPSA) is 74.1 Å². The van der Waals surface area contributed by atoms with Crippen molar-refractivity contribution < 1.29 is 13.2 Å². The van der Waals surface area contributed by atoms with E-state index in [0.717, 1.165) is 6.42 Å². The van der Waals surface area contributed by atoms with Gasteiger partial charge in [0, 0.05) is 30.3 Å². The van der Waals surface area contributed by atoms with Crippen LogP contribution in [0.1, 0.15) is 18.2 Å². The standard InChI is InChI=1S/C7H10ClN3O3S/c1-11-6(5-2-3-14-4-5)9-10-7(11)15(8,12)13/h5H,2-4H2,1H3. The van der Waals surface area contributed by atoms with Crippen molar-refractivity contribution in [3.8, 4) is 0 Å². The van der Waals surface area contributed by atoms with Gasteiger partial charge in [-0.15, -0.1) is 10.2 Å². The van der Waals surface area contributed by atoms with Crippen LogP contribution >= 0.6 is 10.7 Å². The Morgan fingerprint density at radius 1 is 1.53 bits per heavy atom. The number of rotatable bonds is 2. The number of nitrogens with zero attached hydrogens (tertiary/aromatic N) is 3. The third-order valence-electron chi connectivity index (χ3n) is 2.38. The lowest BCUT2D eigenvalue weighted by atomic mass is 10.1. The second kappa shape index (κ2) is 3.73. The highest BCUT2D eigenvalue weighted by Gasteiger charge is 2.27. The average Bonchev–Trinajstić information content (AvgIpc) is 2.69. The minimum atomic E-state index is -3.82. The molecule has 1 aliphatic heterocycles. The van der Waals surface area contributed by atoms with Crippen LogP contribution in [0.25, 0.3) is 0 Å². The van der Waals surface area contributed by atoms with Crippen molar-refractivity contribution in [3.05, 3.63) is 5.82 Å². The van der Waals surface area contributed by atoms with Gasteiger partial charge in [0.1, 0.15) is 5.82 Å². The molecule has 2 heterocycles. The lowest BCUT2D eigenvalue weighted by Gasteiger charge is -2.06. The van der Waals surface area contributed by atoms with Gasteiger partial charge in [0.15, 0.2) is 0 Å². The van der Waals surface area contributed by atoms with Gasteiger partial charge in [0.25, 0.3) is 14.2 Å². The highest BCUT2D eigenvalue weighted by Crippen LogP contribution is 2.25. The second-order valence-electron chi connectivity index (χ2n) is 3.40. The van der Waals surface area contributed by atoms with E-state index < -0.39 is 9.05 Å². The van der Waals surface area contributed by atoms with E-state index in [-0.39, 0.29) is 11.1 Å². The van der Waals surface area contributed by atoms with Crippen molar-refractivity contribution in [1.29, 1.82) is 0 Å². The first-order valence-corrected chi connectivity index (χ1v) is 6.73. The molecule has 1 unspecified atom stereocenters. The van der Waals surface area contributed by atoms with Crippen LogP contribution in [0.3, 0.4) is 0 Å². The summed E-state index contributed by atoms with van der Waals surface area (Å²) >= 11 is 0. The van der Waals surface area contributed by atoms with E-state index in [9.17, 15) is 8.42 Å². The van der Waals surface area contributed by atoms with E-state index in [2.05, 4.69) is 10.2 Å². The van der Waals surface area contributed by atoms with Gasteiger partial charge in [0.2, 0.25) is 0 Å². The largest absolute Gasteiger partial charge is 0.381 e. The smallest absolute Gasteiger partial charge is 0.296 e. The molecule has 84 valence electrons. The predicted molar refractivity (Wildman–Crippen MR) is 52.2 cm³/mol. The summed E-state index contributed by atoms with van der Waals surface area (Å²) in [6.45, 7) is 1.22. The lowest BCUT2D eigenvalue weighted by Crippen LogP contribution is -2.09. The van der Waals surface area contributed by atoms with Crippen molar-refractivity contribution in [3.63, 3.8) is 0 Å². The molecule has 1 aromatic heterocycles. The second-order valence-corrected chi connectivity index (χ2v) is 5.86. The van der Waals surface area contributed by atoms with Crippen LogP contribution < -0.4 is 0 Å². The molecular weight excluding hydrogens is 242 g/mol. The summed E-state index contributed by atoms with van der Waals surface area (Å²) in [6.07, 6.45) is 0.828. The van der Waals surface area contributed by atoms with Crippen molar-refractivity contribution in [1.82, 2.24) is 14.8 Å². The monoisotopic (exact) mass is 251 g/mol. The molecule has 1 aromatic rings. The van der Waals surface area contributed by atoms with Gasteiger partial charge >= 0.3 is 0 Å². The Hall–Kier alpha value is -0.660. The maximum atomic E-state index is 11.1. The van der Waals surface area contributed by atoms with E-state index in [1.54, 1.807) is 7.05 Å². The Morgan fingerprint density at radius 3 is 2.73 bits per heavy atom. The Balaban J connectivity index is 2.39. The molecule has 15 heavy (non-hydrogen) atoms. The van der Waals surface area contributed by atoms with Gasteiger partial charge in [-0.25, -0.2) is 8.42 Å². The van der Waals surface area contributed by atoms with E-state index in [1.807, 2.05) is 0 Å². The Morgan fingerprint density at radius 2 is 2.27 bits per heavy atom. The molecular formula is C7H10ClN3O3S. The summed E-state index contributed by atoms with van der Waals surface area (Å²) < 4.78 is 28.8. The first kappa shape index (κ1) is 10.8. The van der Waals surface area contributed by atoms with Crippen LogP contribution in [0.4, 0.5) is 0 Å². The molecule has 1 atom stereocenters. The Bertz CT molecular complexity index is 464. The van der Waals surface area contributed by atoms with E-state index in [4.69, 9.17) is 15.4 Å². The van der Waals surface area contributed by atoms with Crippen molar-refractivity contribution in [2.24, 2.45) is 7.05 Å². The minimum absolute atomic E-state index is 0.106. The van der Waals surface area contributed by atoms with E-state index in [1.165, 1.54) is 4.57 Å². The molecule has 1 saturated heterocycles. The van der Waals surface area contributed by atoms with Gasteiger partial charge in [-0.3, -0.25) is 0 Å². The maximum absolute atomic E-state index is 11.1. The van der Waals surface area contributed by atoms with Gasteiger partial charge < -0.3 is 9.30 Å². The molecule has 0 saturated carbocycles. The number of ether oxygens (including phenoxy) is 1. The fraction of sp³-hybridized carbons (Fsp3) is 0.714. The number of hydrogen-bond donors (Lipinski definition) is 0. The average molecular weight is 252 g/mol. The third kappa shape index (κ3) is 1.99. The maximum Gasteiger partial charge on any atom is 0.296 e. The molecule has 8 heteroatoms. The molecule has 0 aromatic carbocycles. The summed E-state index contributed by atoms with van der Waals surface area (Å²) in [6, 6.07) is 0. The first-order chi connectivity index (χ1) is 7.00. The SMILES string of the molecule is Cn1c(C2CCOC2)nnc1S(=O)(=O)Cl. The number of aromatic nitrogens is 3. The quantitative estimate of drug-likeness (QED) is 0.705.